The molecule has 0 aliphatic heterocycles. The second-order valence-corrected chi connectivity index (χ2v) is 6.44. The van der Waals surface area contributed by atoms with Crippen molar-refractivity contribution in [1.82, 2.24) is 4.98 Å². The Balaban J connectivity index is 1.81. The van der Waals surface area contributed by atoms with Gasteiger partial charge in [0.25, 0.3) is 0 Å². The number of amides is 1. The quantitative estimate of drug-likeness (QED) is 0.782. The molecule has 1 amide bonds. The number of aromatic nitrogens is 1. The molecule has 0 bridgehead atoms. The van der Waals surface area contributed by atoms with Gasteiger partial charge in [-0.25, -0.2) is 4.98 Å². The highest BCUT2D eigenvalue weighted by molar-refractivity contribution is 7.99. The Morgan fingerprint density at radius 1 is 1.19 bits per heavy atom. The zero-order valence-electron chi connectivity index (χ0n) is 11.5. The van der Waals surface area contributed by atoms with Crippen LogP contribution in [0.25, 0.3) is 20.8 Å². The molecule has 1 N–H and O–H groups in total. The third-order valence-electron chi connectivity index (χ3n) is 2.98. The van der Waals surface area contributed by atoms with Crippen molar-refractivity contribution >= 4 is 44.9 Å². The molecular weight excluding hydrogens is 300 g/mol. The molecule has 5 heteroatoms. The molecule has 0 radical (unpaired) electrons. The van der Waals surface area contributed by atoms with E-state index in [4.69, 9.17) is 0 Å². The average Bonchev–Trinajstić information content (AvgIpc) is 2.92. The summed E-state index contributed by atoms with van der Waals surface area (Å²) in [6, 6.07) is 15.9. The highest BCUT2D eigenvalue weighted by atomic mass is 32.2. The Kier molecular flexibility index (Phi) is 4.22. The third-order valence-corrected chi connectivity index (χ3v) is 4.62. The second kappa shape index (κ2) is 6.28. The van der Waals surface area contributed by atoms with E-state index in [-0.39, 0.29) is 5.91 Å². The van der Waals surface area contributed by atoms with E-state index in [0.29, 0.717) is 5.75 Å². The average molecular weight is 314 g/mol. The first-order valence-electron chi connectivity index (χ1n) is 6.51. The van der Waals surface area contributed by atoms with Gasteiger partial charge >= 0.3 is 0 Å². The smallest absolute Gasteiger partial charge is 0.234 e. The van der Waals surface area contributed by atoms with Crippen LogP contribution in [0.1, 0.15) is 0 Å². The van der Waals surface area contributed by atoms with Crippen LogP contribution >= 0.6 is 23.1 Å². The SMILES string of the molecule is CSCC(=O)Nc1ccc(-c2nc3ccccc3s2)cc1. The molecule has 0 aliphatic carbocycles. The summed E-state index contributed by atoms with van der Waals surface area (Å²) in [7, 11) is 0. The van der Waals surface area contributed by atoms with E-state index in [0.717, 1.165) is 21.8 Å². The van der Waals surface area contributed by atoms with E-state index in [1.165, 1.54) is 16.5 Å². The van der Waals surface area contributed by atoms with E-state index < -0.39 is 0 Å². The van der Waals surface area contributed by atoms with Crippen molar-refractivity contribution < 1.29 is 4.79 Å². The number of para-hydroxylation sites is 1. The lowest BCUT2D eigenvalue weighted by Gasteiger charge is -2.04. The minimum absolute atomic E-state index is 0.0234. The van der Waals surface area contributed by atoms with Gasteiger partial charge in [0, 0.05) is 11.3 Å². The highest BCUT2D eigenvalue weighted by Crippen LogP contribution is 2.30. The Hall–Kier alpha value is -1.85. The predicted octanol–water partition coefficient (Wildman–Crippen LogP) is 4.26. The number of carbonyl (C=O) groups is 1. The van der Waals surface area contributed by atoms with Crippen LogP contribution in [0.2, 0.25) is 0 Å². The van der Waals surface area contributed by atoms with Gasteiger partial charge in [-0.1, -0.05) is 12.1 Å². The lowest BCUT2D eigenvalue weighted by atomic mass is 10.2. The summed E-state index contributed by atoms with van der Waals surface area (Å²) >= 11 is 3.19. The molecule has 0 saturated heterocycles. The summed E-state index contributed by atoms with van der Waals surface area (Å²) in [5.41, 5.74) is 2.91. The van der Waals surface area contributed by atoms with Crippen LogP contribution in [0.5, 0.6) is 0 Å². The molecular formula is C16H14N2OS2. The molecule has 1 heterocycles. The molecule has 2 aromatic carbocycles. The highest BCUT2D eigenvalue weighted by Gasteiger charge is 2.06. The van der Waals surface area contributed by atoms with Crippen LogP contribution in [0, 0.1) is 0 Å². The largest absolute Gasteiger partial charge is 0.325 e. The van der Waals surface area contributed by atoms with Crippen molar-refractivity contribution in [3.63, 3.8) is 0 Å². The number of nitrogens with one attached hydrogen (secondary N) is 1. The normalized spacial score (nSPS) is 10.7. The summed E-state index contributed by atoms with van der Waals surface area (Å²) < 4.78 is 1.19. The molecule has 3 rings (SSSR count). The van der Waals surface area contributed by atoms with E-state index in [1.807, 2.05) is 48.7 Å². The topological polar surface area (TPSA) is 42.0 Å². The summed E-state index contributed by atoms with van der Waals surface area (Å²) in [6.45, 7) is 0. The van der Waals surface area contributed by atoms with E-state index in [1.54, 1.807) is 11.3 Å². The zero-order valence-corrected chi connectivity index (χ0v) is 13.1. The van der Waals surface area contributed by atoms with E-state index >= 15 is 0 Å². The summed E-state index contributed by atoms with van der Waals surface area (Å²) in [6.07, 6.45) is 1.91. The van der Waals surface area contributed by atoms with Crippen LogP contribution in [0.3, 0.4) is 0 Å². The Morgan fingerprint density at radius 2 is 1.95 bits per heavy atom. The molecule has 0 saturated carbocycles. The Bertz CT molecular complexity index is 732. The third kappa shape index (κ3) is 3.25. The predicted molar refractivity (Wildman–Crippen MR) is 92.1 cm³/mol. The van der Waals surface area contributed by atoms with Crippen molar-refractivity contribution in [3.8, 4) is 10.6 Å². The number of rotatable bonds is 4. The maximum Gasteiger partial charge on any atom is 0.234 e. The number of hydrogen-bond acceptors (Lipinski definition) is 4. The summed E-state index contributed by atoms with van der Waals surface area (Å²) in [5.74, 6) is 0.495. The molecule has 106 valence electrons. The number of hydrogen-bond donors (Lipinski definition) is 1. The minimum Gasteiger partial charge on any atom is -0.325 e. The maximum absolute atomic E-state index is 11.5. The first-order chi connectivity index (χ1) is 10.3. The standard InChI is InChI=1S/C16H14N2OS2/c1-20-10-15(19)17-12-8-6-11(7-9-12)16-18-13-4-2-3-5-14(13)21-16/h2-9H,10H2,1H3,(H,17,19). The lowest BCUT2D eigenvalue weighted by Crippen LogP contribution is -2.13. The van der Waals surface area contributed by atoms with Gasteiger partial charge in [-0.3, -0.25) is 4.79 Å². The van der Waals surface area contributed by atoms with Crippen LogP contribution in [-0.2, 0) is 4.79 Å². The second-order valence-electron chi connectivity index (χ2n) is 4.55. The summed E-state index contributed by atoms with van der Waals surface area (Å²) in [5, 5.41) is 3.87. The van der Waals surface area contributed by atoms with Gasteiger partial charge in [-0.15, -0.1) is 11.3 Å². The van der Waals surface area contributed by atoms with Gasteiger partial charge in [0.1, 0.15) is 5.01 Å². The molecule has 0 fully saturated rings. The van der Waals surface area contributed by atoms with Gasteiger partial charge in [-0.2, -0.15) is 11.8 Å². The molecule has 0 unspecified atom stereocenters. The van der Waals surface area contributed by atoms with Crippen molar-refractivity contribution in [2.45, 2.75) is 0 Å². The van der Waals surface area contributed by atoms with Gasteiger partial charge in [-0.05, 0) is 42.7 Å². The molecule has 1 aromatic heterocycles. The fourth-order valence-corrected chi connectivity index (χ4v) is 3.33. The van der Waals surface area contributed by atoms with Crippen LogP contribution in [0.15, 0.2) is 48.5 Å². The molecule has 3 nitrogen and oxygen atoms in total. The number of nitrogens with zero attached hydrogens (tertiary/aromatic N) is 1. The Labute approximate surface area is 131 Å². The van der Waals surface area contributed by atoms with Gasteiger partial charge in [0.15, 0.2) is 0 Å². The van der Waals surface area contributed by atoms with Gasteiger partial charge in [0.05, 0.1) is 16.0 Å². The monoisotopic (exact) mass is 314 g/mol. The van der Waals surface area contributed by atoms with Crippen LogP contribution < -0.4 is 5.32 Å². The van der Waals surface area contributed by atoms with Crippen molar-refractivity contribution in [2.75, 3.05) is 17.3 Å². The number of thioether (sulfide) groups is 1. The lowest BCUT2D eigenvalue weighted by molar-refractivity contribution is -0.113. The number of anilines is 1. The van der Waals surface area contributed by atoms with E-state index in [2.05, 4.69) is 16.4 Å². The molecule has 0 atom stereocenters. The molecule has 0 spiro atoms. The molecule has 21 heavy (non-hydrogen) atoms. The Morgan fingerprint density at radius 3 is 2.67 bits per heavy atom. The van der Waals surface area contributed by atoms with Crippen LogP contribution in [0.4, 0.5) is 5.69 Å². The van der Waals surface area contributed by atoms with Crippen molar-refractivity contribution in [3.05, 3.63) is 48.5 Å². The number of benzene rings is 2. The van der Waals surface area contributed by atoms with Crippen LogP contribution in [-0.4, -0.2) is 22.9 Å². The first-order valence-corrected chi connectivity index (χ1v) is 8.72. The van der Waals surface area contributed by atoms with Crippen molar-refractivity contribution in [2.24, 2.45) is 0 Å². The molecule has 3 aromatic rings. The molecule has 0 aliphatic rings. The first kappa shape index (κ1) is 14.1. The zero-order chi connectivity index (χ0) is 14.7. The number of carbonyl (C=O) groups excluding carboxylic acids is 1. The maximum atomic E-state index is 11.5. The summed E-state index contributed by atoms with van der Waals surface area (Å²) in [4.78, 5) is 16.2. The fraction of sp³-hybridized carbons (Fsp3) is 0.125. The number of thiazole rings is 1. The van der Waals surface area contributed by atoms with Crippen molar-refractivity contribution in [1.29, 1.82) is 0 Å². The van der Waals surface area contributed by atoms with Gasteiger partial charge in [0.2, 0.25) is 5.91 Å². The fourth-order valence-electron chi connectivity index (χ4n) is 2.02. The van der Waals surface area contributed by atoms with E-state index in [9.17, 15) is 4.79 Å². The van der Waals surface area contributed by atoms with Gasteiger partial charge < -0.3 is 5.32 Å². The number of fused-ring (bicyclic) bond motifs is 1. The minimum atomic E-state index is 0.0234.